The van der Waals surface area contributed by atoms with Crippen LogP contribution in [0.2, 0.25) is 0 Å². The molecule has 2 amide bonds. The van der Waals surface area contributed by atoms with E-state index in [9.17, 15) is 23.5 Å². The summed E-state index contributed by atoms with van der Waals surface area (Å²) in [6.45, 7) is 1.36. The number of hydrogen-bond acceptors (Lipinski definition) is 5. The zero-order chi connectivity index (χ0) is 22.3. The minimum absolute atomic E-state index is 0.0489. The molecule has 1 fully saturated rings. The zero-order valence-electron chi connectivity index (χ0n) is 16.4. The minimum Gasteiger partial charge on any atom is -0.384 e. The molecule has 1 saturated carbocycles. The molecular formula is C21H22F2N2O5. The normalized spacial score (nSPS) is 20.0. The summed E-state index contributed by atoms with van der Waals surface area (Å²) in [5, 5.41) is 20.5. The van der Waals surface area contributed by atoms with Gasteiger partial charge in [-0.05, 0) is 55.4 Å². The number of amides is 2. The van der Waals surface area contributed by atoms with Crippen molar-refractivity contribution in [1.82, 2.24) is 10.8 Å². The van der Waals surface area contributed by atoms with Crippen LogP contribution in [-0.2, 0) is 9.53 Å². The Bertz CT molecular complexity index is 894. The Hall–Kier alpha value is -2.98. The van der Waals surface area contributed by atoms with Gasteiger partial charge in [-0.15, -0.1) is 0 Å². The van der Waals surface area contributed by atoms with E-state index in [0.717, 1.165) is 11.9 Å². The molecule has 0 heterocycles. The first-order valence-electron chi connectivity index (χ1n) is 9.06. The van der Waals surface area contributed by atoms with Gasteiger partial charge in [0.15, 0.2) is 5.60 Å². The van der Waals surface area contributed by atoms with Gasteiger partial charge in [0, 0.05) is 24.2 Å². The van der Waals surface area contributed by atoms with E-state index in [4.69, 9.17) is 9.94 Å². The predicted molar refractivity (Wildman–Crippen MR) is 102 cm³/mol. The van der Waals surface area contributed by atoms with Crippen LogP contribution >= 0.6 is 0 Å². The number of hydrogen-bond donors (Lipinski definition) is 4. The summed E-state index contributed by atoms with van der Waals surface area (Å²) in [6.07, 6.45) is -2.35. The monoisotopic (exact) mass is 420 g/mol. The average molecular weight is 420 g/mol. The zero-order valence-corrected chi connectivity index (χ0v) is 16.4. The quantitative estimate of drug-likeness (QED) is 0.298. The fourth-order valence-electron chi connectivity index (χ4n) is 2.64. The first kappa shape index (κ1) is 23.3. The van der Waals surface area contributed by atoms with Crippen molar-refractivity contribution in [2.24, 2.45) is 11.8 Å². The highest BCUT2D eigenvalue weighted by molar-refractivity contribution is 5.97. The van der Waals surface area contributed by atoms with Crippen molar-refractivity contribution in [3.05, 3.63) is 35.4 Å². The Labute approximate surface area is 172 Å². The first-order valence-corrected chi connectivity index (χ1v) is 9.06. The Morgan fingerprint density at radius 1 is 1.30 bits per heavy atom. The molecule has 0 radical (unpaired) electrons. The summed E-state index contributed by atoms with van der Waals surface area (Å²) in [6, 6.07) is 3.75. The maximum Gasteiger partial charge on any atom is 0.269 e. The maximum absolute atomic E-state index is 13.0. The molecule has 4 atom stereocenters. The van der Waals surface area contributed by atoms with Gasteiger partial charge in [0.2, 0.25) is 0 Å². The molecule has 160 valence electrons. The van der Waals surface area contributed by atoms with E-state index in [0.29, 0.717) is 30.9 Å². The van der Waals surface area contributed by atoms with E-state index in [1.807, 2.05) is 5.32 Å². The van der Waals surface area contributed by atoms with Gasteiger partial charge in [0.05, 0.1) is 6.61 Å². The van der Waals surface area contributed by atoms with E-state index in [1.54, 1.807) is 7.11 Å². The van der Waals surface area contributed by atoms with Crippen molar-refractivity contribution in [3.63, 3.8) is 0 Å². The lowest BCUT2D eigenvalue weighted by Crippen LogP contribution is -2.61. The number of aliphatic hydroxyl groups is 1. The van der Waals surface area contributed by atoms with Gasteiger partial charge >= 0.3 is 0 Å². The Morgan fingerprint density at radius 2 is 1.97 bits per heavy atom. The Kier molecular flexibility index (Phi) is 7.90. The molecule has 4 N–H and O–H groups in total. The molecule has 0 aromatic heterocycles. The molecule has 0 bridgehead atoms. The molecule has 0 spiro atoms. The largest absolute Gasteiger partial charge is 0.384 e. The summed E-state index contributed by atoms with van der Waals surface area (Å²) in [4.78, 5) is 23.9. The molecule has 2 rings (SSSR count). The molecule has 1 aliphatic rings. The number of alkyl halides is 2. The van der Waals surface area contributed by atoms with Crippen LogP contribution in [-0.4, -0.2) is 53.9 Å². The van der Waals surface area contributed by atoms with Gasteiger partial charge in [-0.3, -0.25) is 14.8 Å². The second-order valence-electron chi connectivity index (χ2n) is 7.06. The highest BCUT2D eigenvalue weighted by Gasteiger charge is 2.46. The van der Waals surface area contributed by atoms with Crippen LogP contribution in [0.5, 0.6) is 0 Å². The third-order valence-corrected chi connectivity index (χ3v) is 4.65. The van der Waals surface area contributed by atoms with Crippen LogP contribution in [0.1, 0.15) is 29.3 Å². The van der Waals surface area contributed by atoms with E-state index < -0.39 is 29.9 Å². The van der Waals surface area contributed by atoms with Crippen molar-refractivity contribution >= 4 is 11.8 Å². The summed E-state index contributed by atoms with van der Waals surface area (Å²) in [5.74, 6) is 9.87. The fourth-order valence-corrected chi connectivity index (χ4v) is 2.64. The van der Waals surface area contributed by atoms with Gasteiger partial charge in [-0.2, -0.15) is 0 Å². The lowest BCUT2D eigenvalue weighted by molar-refractivity contribution is -0.149. The van der Waals surface area contributed by atoms with Crippen molar-refractivity contribution in [2.45, 2.75) is 31.4 Å². The van der Waals surface area contributed by atoms with Gasteiger partial charge in [-0.25, -0.2) is 14.3 Å². The number of ether oxygens (including phenoxy) is 1. The maximum atomic E-state index is 13.0. The summed E-state index contributed by atoms with van der Waals surface area (Å²) in [5.41, 5.74) is -1.11. The van der Waals surface area contributed by atoms with E-state index in [1.165, 1.54) is 24.3 Å². The molecule has 30 heavy (non-hydrogen) atoms. The van der Waals surface area contributed by atoms with Gasteiger partial charge in [0.25, 0.3) is 18.2 Å². The van der Waals surface area contributed by atoms with Gasteiger partial charge in [-0.1, -0.05) is 11.8 Å². The predicted octanol–water partition coefficient (Wildman–Crippen LogP) is 0.944. The summed E-state index contributed by atoms with van der Waals surface area (Å²) in [7, 11) is 1.65. The number of carbonyl (C=O) groups excluding carboxylic acids is 2. The number of rotatable bonds is 7. The molecule has 9 heteroatoms. The lowest BCUT2D eigenvalue weighted by Gasteiger charge is -2.30. The second kappa shape index (κ2) is 10.2. The minimum atomic E-state index is -3.35. The smallest absolute Gasteiger partial charge is 0.269 e. The van der Waals surface area contributed by atoms with Crippen LogP contribution in [0.4, 0.5) is 8.78 Å². The van der Waals surface area contributed by atoms with Crippen LogP contribution < -0.4 is 10.8 Å². The molecule has 1 aromatic rings. The lowest BCUT2D eigenvalue weighted by atomic mass is 9.95. The summed E-state index contributed by atoms with van der Waals surface area (Å²) >= 11 is 0. The van der Waals surface area contributed by atoms with E-state index >= 15 is 0 Å². The summed E-state index contributed by atoms with van der Waals surface area (Å²) < 4.78 is 31.1. The second-order valence-corrected chi connectivity index (χ2v) is 7.06. The number of carbonyl (C=O) groups is 2. The number of nitrogens with one attached hydrogen (secondary N) is 2. The molecule has 0 aliphatic heterocycles. The highest BCUT2D eigenvalue weighted by Crippen LogP contribution is 2.37. The molecule has 4 unspecified atom stereocenters. The SMILES string of the molecule is COCC1CC1C#CC#Cc1ccc(C(=O)NC(C(=O)NO)C(C)(O)C(F)F)cc1. The molecular weight excluding hydrogens is 398 g/mol. The molecule has 0 saturated heterocycles. The van der Waals surface area contributed by atoms with E-state index in [-0.39, 0.29) is 5.56 Å². The van der Waals surface area contributed by atoms with Crippen LogP contribution in [0, 0.1) is 35.5 Å². The molecule has 1 aliphatic carbocycles. The van der Waals surface area contributed by atoms with Crippen molar-refractivity contribution in [1.29, 1.82) is 0 Å². The Balaban J connectivity index is 2.02. The topological polar surface area (TPSA) is 108 Å². The highest BCUT2D eigenvalue weighted by atomic mass is 19.3. The van der Waals surface area contributed by atoms with Crippen molar-refractivity contribution in [3.8, 4) is 23.7 Å². The van der Waals surface area contributed by atoms with Crippen LogP contribution in [0.3, 0.4) is 0 Å². The average Bonchev–Trinajstić information content (AvgIpc) is 3.47. The third kappa shape index (κ3) is 6.01. The molecule has 1 aromatic carbocycles. The van der Waals surface area contributed by atoms with Gasteiger partial charge in [0.1, 0.15) is 6.04 Å². The molecule has 7 nitrogen and oxygen atoms in total. The van der Waals surface area contributed by atoms with Crippen LogP contribution in [0.15, 0.2) is 24.3 Å². The standard InChI is InChI=1S/C21H22F2N2O5/c1-21(28,20(22)23)17(19(27)25-29)24-18(26)14-9-7-13(8-10-14)5-3-4-6-15-11-16(15)12-30-2/h7-10,15-17,20,28-29H,11-12H2,1-2H3,(H,24,26)(H,25,27). The van der Waals surface area contributed by atoms with Crippen LogP contribution in [0.25, 0.3) is 0 Å². The third-order valence-electron chi connectivity index (χ3n) is 4.65. The fraction of sp³-hybridized carbons (Fsp3) is 0.429. The van der Waals surface area contributed by atoms with E-state index in [2.05, 4.69) is 23.7 Å². The van der Waals surface area contributed by atoms with Gasteiger partial charge < -0.3 is 15.2 Å². The number of halogens is 2. The first-order chi connectivity index (χ1) is 14.2. The number of hydroxylamine groups is 1. The number of methoxy groups -OCH3 is 1. The Morgan fingerprint density at radius 3 is 2.53 bits per heavy atom. The van der Waals surface area contributed by atoms with Crippen molar-refractivity contribution < 1.29 is 33.4 Å². The van der Waals surface area contributed by atoms with Crippen molar-refractivity contribution in [2.75, 3.05) is 13.7 Å². The number of benzene rings is 1.